The summed E-state index contributed by atoms with van der Waals surface area (Å²) in [7, 11) is 1.48. The lowest BCUT2D eigenvalue weighted by molar-refractivity contribution is 0.103. The Hall–Kier alpha value is -2.01. The molecule has 0 saturated carbocycles. The monoisotopic (exact) mass is 251 g/mol. The molecule has 0 spiro atoms. The highest BCUT2D eigenvalue weighted by molar-refractivity contribution is 6.31. The maximum absolute atomic E-state index is 12.2. The Kier molecular flexibility index (Phi) is 3.01. The average Bonchev–Trinajstić information content (AvgIpc) is 2.74. The molecule has 0 bridgehead atoms. The van der Waals surface area contributed by atoms with Gasteiger partial charge in [-0.1, -0.05) is 11.6 Å². The predicted molar refractivity (Wildman–Crippen MR) is 64.4 cm³/mol. The van der Waals surface area contributed by atoms with Gasteiger partial charge in [0, 0.05) is 5.02 Å². The largest absolute Gasteiger partial charge is 0.496 e. The molecule has 0 radical (unpaired) electrons. The number of ketones is 1. The zero-order valence-electron chi connectivity index (χ0n) is 9.03. The molecule has 0 saturated heterocycles. The Balaban J connectivity index is 2.50. The molecule has 0 aliphatic carbocycles. The molecule has 17 heavy (non-hydrogen) atoms. The lowest BCUT2D eigenvalue weighted by Crippen LogP contribution is -2.05. The van der Waals surface area contributed by atoms with Gasteiger partial charge in [-0.15, -0.1) is 0 Å². The third-order valence-corrected chi connectivity index (χ3v) is 2.55. The third-order valence-electron chi connectivity index (χ3n) is 2.32. The van der Waals surface area contributed by atoms with E-state index in [9.17, 15) is 4.79 Å². The number of aromatic nitrogens is 2. The third kappa shape index (κ3) is 2.09. The van der Waals surface area contributed by atoms with E-state index in [2.05, 4.69) is 10.2 Å². The van der Waals surface area contributed by atoms with E-state index >= 15 is 0 Å². The second-order valence-corrected chi connectivity index (χ2v) is 3.81. The van der Waals surface area contributed by atoms with E-state index < -0.39 is 0 Å². The molecule has 0 aliphatic rings. The Morgan fingerprint density at radius 3 is 2.82 bits per heavy atom. The van der Waals surface area contributed by atoms with E-state index in [-0.39, 0.29) is 11.6 Å². The molecule has 0 unspecified atom stereocenters. The standard InChI is InChI=1S/C11H10ClN3O2/c1-17-9-3-2-6(12)4-7(9)10(16)8-5-14-15-11(8)13/h2-5H,1H3,(H3,13,14,15). The van der Waals surface area contributed by atoms with Gasteiger partial charge < -0.3 is 10.5 Å². The minimum atomic E-state index is -0.282. The number of hydrogen-bond donors (Lipinski definition) is 2. The van der Waals surface area contributed by atoms with Crippen molar-refractivity contribution in [2.75, 3.05) is 12.8 Å². The molecule has 1 heterocycles. The molecule has 0 amide bonds. The zero-order valence-corrected chi connectivity index (χ0v) is 9.78. The van der Waals surface area contributed by atoms with Gasteiger partial charge in [-0.3, -0.25) is 9.89 Å². The lowest BCUT2D eigenvalue weighted by Gasteiger charge is -2.07. The summed E-state index contributed by atoms with van der Waals surface area (Å²) in [4.78, 5) is 12.2. The van der Waals surface area contributed by atoms with Crippen LogP contribution in [0.15, 0.2) is 24.4 Å². The number of benzene rings is 1. The van der Waals surface area contributed by atoms with E-state index in [0.29, 0.717) is 21.9 Å². The van der Waals surface area contributed by atoms with Crippen LogP contribution in [0.25, 0.3) is 0 Å². The predicted octanol–water partition coefficient (Wildman–Crippen LogP) is 1.88. The SMILES string of the molecule is COc1ccc(Cl)cc1C(=O)c1cn[nH]c1N. The van der Waals surface area contributed by atoms with Crippen LogP contribution in [-0.2, 0) is 0 Å². The van der Waals surface area contributed by atoms with Crippen LogP contribution in [-0.4, -0.2) is 23.1 Å². The molecule has 1 aromatic carbocycles. The van der Waals surface area contributed by atoms with Crippen molar-refractivity contribution in [3.63, 3.8) is 0 Å². The maximum atomic E-state index is 12.2. The van der Waals surface area contributed by atoms with Crippen molar-refractivity contribution in [2.24, 2.45) is 0 Å². The Morgan fingerprint density at radius 1 is 1.47 bits per heavy atom. The minimum absolute atomic E-state index is 0.219. The lowest BCUT2D eigenvalue weighted by atomic mass is 10.0. The molecule has 2 rings (SSSR count). The molecule has 3 N–H and O–H groups in total. The smallest absolute Gasteiger partial charge is 0.202 e. The summed E-state index contributed by atoms with van der Waals surface area (Å²) in [5.41, 5.74) is 6.25. The van der Waals surface area contributed by atoms with Crippen molar-refractivity contribution in [2.45, 2.75) is 0 Å². The second kappa shape index (κ2) is 4.47. The summed E-state index contributed by atoms with van der Waals surface area (Å²) >= 11 is 5.86. The first-order valence-corrected chi connectivity index (χ1v) is 5.18. The Labute approximate surface area is 103 Å². The number of nitrogens with zero attached hydrogens (tertiary/aromatic N) is 1. The zero-order chi connectivity index (χ0) is 12.4. The van der Waals surface area contributed by atoms with Gasteiger partial charge in [-0.2, -0.15) is 5.10 Å². The topological polar surface area (TPSA) is 81.0 Å². The van der Waals surface area contributed by atoms with E-state index in [0.717, 1.165) is 0 Å². The second-order valence-electron chi connectivity index (χ2n) is 3.37. The number of hydrogen-bond acceptors (Lipinski definition) is 4. The number of H-pyrrole nitrogens is 1. The number of carbonyl (C=O) groups excluding carboxylic acids is 1. The summed E-state index contributed by atoms with van der Waals surface area (Å²) in [6, 6.07) is 4.82. The number of ether oxygens (including phenoxy) is 1. The molecule has 6 heteroatoms. The summed E-state index contributed by atoms with van der Waals surface area (Å²) in [6.07, 6.45) is 1.37. The molecule has 0 fully saturated rings. The van der Waals surface area contributed by atoms with Gasteiger partial charge in [0.25, 0.3) is 0 Å². The maximum Gasteiger partial charge on any atom is 0.202 e. The van der Waals surface area contributed by atoms with Crippen LogP contribution in [0.4, 0.5) is 5.82 Å². The quantitative estimate of drug-likeness (QED) is 0.816. The molecule has 2 aromatic rings. The average molecular weight is 252 g/mol. The van der Waals surface area contributed by atoms with Crippen LogP contribution in [0.2, 0.25) is 5.02 Å². The van der Waals surface area contributed by atoms with E-state index in [1.165, 1.54) is 19.4 Å². The van der Waals surface area contributed by atoms with Crippen LogP contribution in [0, 0.1) is 0 Å². The number of carbonyl (C=O) groups is 1. The number of nitrogen functional groups attached to an aromatic ring is 1. The Morgan fingerprint density at radius 2 is 2.24 bits per heavy atom. The normalized spacial score (nSPS) is 10.2. The van der Waals surface area contributed by atoms with Gasteiger partial charge in [0.05, 0.1) is 24.4 Å². The molecular formula is C11H10ClN3O2. The van der Waals surface area contributed by atoms with E-state index in [1.807, 2.05) is 0 Å². The highest BCUT2D eigenvalue weighted by Gasteiger charge is 2.18. The number of aromatic amines is 1. The van der Waals surface area contributed by atoms with Crippen molar-refractivity contribution in [1.29, 1.82) is 0 Å². The first kappa shape index (κ1) is 11.5. The molecule has 88 valence electrons. The number of nitrogens with one attached hydrogen (secondary N) is 1. The number of rotatable bonds is 3. The molecule has 5 nitrogen and oxygen atoms in total. The van der Waals surface area contributed by atoms with Crippen molar-refractivity contribution >= 4 is 23.2 Å². The van der Waals surface area contributed by atoms with Crippen molar-refractivity contribution in [1.82, 2.24) is 10.2 Å². The Bertz CT molecular complexity index is 566. The number of methoxy groups -OCH3 is 1. The molecule has 1 aromatic heterocycles. The highest BCUT2D eigenvalue weighted by Crippen LogP contribution is 2.26. The fraction of sp³-hybridized carbons (Fsp3) is 0.0909. The van der Waals surface area contributed by atoms with E-state index in [4.69, 9.17) is 22.1 Å². The van der Waals surface area contributed by atoms with E-state index in [1.54, 1.807) is 12.1 Å². The van der Waals surface area contributed by atoms with Gasteiger partial charge >= 0.3 is 0 Å². The minimum Gasteiger partial charge on any atom is -0.496 e. The first-order valence-electron chi connectivity index (χ1n) is 4.80. The first-order chi connectivity index (χ1) is 8.13. The molecule has 0 atom stereocenters. The van der Waals surface area contributed by atoms with Crippen LogP contribution in [0.1, 0.15) is 15.9 Å². The summed E-state index contributed by atoms with van der Waals surface area (Å²) in [5, 5.41) is 6.66. The van der Waals surface area contributed by atoms with Gasteiger partial charge in [0.2, 0.25) is 5.78 Å². The van der Waals surface area contributed by atoms with Crippen molar-refractivity contribution in [3.8, 4) is 5.75 Å². The summed E-state index contributed by atoms with van der Waals surface area (Å²) in [5.74, 6) is 0.382. The number of halogens is 1. The summed E-state index contributed by atoms with van der Waals surface area (Å²) in [6.45, 7) is 0. The van der Waals surface area contributed by atoms with Crippen molar-refractivity contribution < 1.29 is 9.53 Å². The van der Waals surface area contributed by atoms with Crippen LogP contribution >= 0.6 is 11.6 Å². The molecule has 0 aliphatic heterocycles. The van der Waals surface area contributed by atoms with Gasteiger partial charge in [0.1, 0.15) is 11.6 Å². The number of anilines is 1. The van der Waals surface area contributed by atoms with Gasteiger partial charge in [0.15, 0.2) is 0 Å². The summed E-state index contributed by atoms with van der Waals surface area (Å²) < 4.78 is 5.11. The number of nitrogens with two attached hydrogens (primary N) is 1. The van der Waals surface area contributed by atoms with Crippen LogP contribution < -0.4 is 10.5 Å². The van der Waals surface area contributed by atoms with Gasteiger partial charge in [-0.05, 0) is 18.2 Å². The highest BCUT2D eigenvalue weighted by atomic mass is 35.5. The fourth-order valence-electron chi connectivity index (χ4n) is 1.48. The van der Waals surface area contributed by atoms with Gasteiger partial charge in [-0.25, -0.2) is 0 Å². The van der Waals surface area contributed by atoms with Crippen molar-refractivity contribution in [3.05, 3.63) is 40.5 Å². The fourth-order valence-corrected chi connectivity index (χ4v) is 1.65. The molecular weight excluding hydrogens is 242 g/mol. The van der Waals surface area contributed by atoms with Crippen LogP contribution in [0.3, 0.4) is 0 Å². The van der Waals surface area contributed by atoms with Crippen LogP contribution in [0.5, 0.6) is 5.75 Å².